The Hall–Kier alpha value is -2.58. The molecule has 0 saturated heterocycles. The second kappa shape index (κ2) is 10.6. The van der Waals surface area contributed by atoms with Crippen LogP contribution >= 0.6 is 22.9 Å². The van der Waals surface area contributed by atoms with E-state index in [0.717, 1.165) is 22.5 Å². The number of ether oxygens (including phenoxy) is 3. The number of carbonyl (C=O) groups is 3. The Morgan fingerprint density at radius 2 is 1.71 bits per heavy atom. The first-order valence-corrected chi connectivity index (χ1v) is 10.9. The molecule has 168 valence electrons. The van der Waals surface area contributed by atoms with Gasteiger partial charge in [0.2, 0.25) is 0 Å². The summed E-state index contributed by atoms with van der Waals surface area (Å²) < 4.78 is 15.9. The summed E-state index contributed by atoms with van der Waals surface area (Å²) in [6.07, 6.45) is -0.322. The van der Waals surface area contributed by atoms with Crippen LogP contribution in [0.25, 0.3) is 0 Å². The Morgan fingerprint density at radius 1 is 1.10 bits per heavy atom. The van der Waals surface area contributed by atoms with E-state index in [-0.39, 0.29) is 34.8 Å². The third kappa shape index (κ3) is 6.21. The molecule has 1 N–H and O–H groups in total. The first-order chi connectivity index (χ1) is 14.5. The monoisotopic (exact) mass is 467 g/mol. The maximum atomic E-state index is 12.5. The summed E-state index contributed by atoms with van der Waals surface area (Å²) >= 11 is 7.12. The topological polar surface area (TPSA) is 90.9 Å². The molecule has 0 atom stereocenters. The maximum absolute atomic E-state index is 12.5. The lowest BCUT2D eigenvalue weighted by Gasteiger charge is -2.10. The molecule has 0 saturated carbocycles. The van der Waals surface area contributed by atoms with Gasteiger partial charge in [-0.1, -0.05) is 11.6 Å². The van der Waals surface area contributed by atoms with Crippen molar-refractivity contribution in [3.05, 3.63) is 44.3 Å². The minimum atomic E-state index is -0.625. The van der Waals surface area contributed by atoms with Crippen LogP contribution in [0.1, 0.15) is 57.5 Å². The third-order valence-corrected chi connectivity index (χ3v) is 5.97. The summed E-state index contributed by atoms with van der Waals surface area (Å²) in [6.45, 7) is 10.3. The Bertz CT molecular complexity index is 975. The molecule has 1 aromatic heterocycles. The average Bonchev–Trinajstić information content (AvgIpc) is 3.00. The van der Waals surface area contributed by atoms with Crippen molar-refractivity contribution in [2.24, 2.45) is 0 Å². The highest BCUT2D eigenvalue weighted by molar-refractivity contribution is 7.18. The molecule has 2 aromatic rings. The molecule has 2 rings (SSSR count). The zero-order chi connectivity index (χ0) is 23.3. The number of carbonyl (C=O) groups excluding carboxylic acids is 3. The number of amides is 1. The molecule has 0 aliphatic rings. The smallest absolute Gasteiger partial charge is 0.348 e. The number of anilines is 1. The average molecular weight is 468 g/mol. The lowest BCUT2D eigenvalue weighted by Crippen LogP contribution is -2.21. The van der Waals surface area contributed by atoms with Crippen molar-refractivity contribution in [3.8, 4) is 5.75 Å². The second-order valence-electron chi connectivity index (χ2n) is 7.14. The van der Waals surface area contributed by atoms with E-state index < -0.39 is 17.8 Å². The van der Waals surface area contributed by atoms with E-state index in [9.17, 15) is 14.4 Å². The van der Waals surface area contributed by atoms with E-state index in [0.29, 0.717) is 16.3 Å². The molecule has 7 nitrogen and oxygen atoms in total. The largest absolute Gasteiger partial charge is 0.484 e. The normalized spacial score (nSPS) is 10.7. The van der Waals surface area contributed by atoms with Crippen molar-refractivity contribution in [1.29, 1.82) is 0 Å². The van der Waals surface area contributed by atoms with Crippen LogP contribution in [0.15, 0.2) is 12.1 Å². The highest BCUT2D eigenvalue weighted by Gasteiger charge is 2.27. The number of benzene rings is 1. The summed E-state index contributed by atoms with van der Waals surface area (Å²) in [5.41, 5.74) is 2.20. The van der Waals surface area contributed by atoms with Gasteiger partial charge in [-0.05, 0) is 70.4 Å². The fourth-order valence-corrected chi connectivity index (χ4v) is 4.02. The van der Waals surface area contributed by atoms with Crippen LogP contribution in [0.3, 0.4) is 0 Å². The van der Waals surface area contributed by atoms with Crippen molar-refractivity contribution in [1.82, 2.24) is 0 Å². The molecule has 1 aromatic carbocycles. The molecule has 31 heavy (non-hydrogen) atoms. The summed E-state index contributed by atoms with van der Waals surface area (Å²) in [5, 5.41) is 3.51. The zero-order valence-corrected chi connectivity index (χ0v) is 20.0. The summed E-state index contributed by atoms with van der Waals surface area (Å²) in [4.78, 5) is 37.6. The lowest BCUT2D eigenvalue weighted by atomic mass is 10.1. The first kappa shape index (κ1) is 24.7. The van der Waals surface area contributed by atoms with Crippen LogP contribution in [0.2, 0.25) is 5.02 Å². The predicted molar refractivity (Wildman–Crippen MR) is 121 cm³/mol. The minimum Gasteiger partial charge on any atom is -0.484 e. The molecule has 0 bridgehead atoms. The van der Waals surface area contributed by atoms with E-state index in [1.807, 2.05) is 13.8 Å². The van der Waals surface area contributed by atoms with Gasteiger partial charge in [0, 0.05) is 5.02 Å². The predicted octanol–water partition coefficient (Wildman–Crippen LogP) is 5.09. The SMILES string of the molecule is CCOC(=O)c1c(NC(=O)COc2cc(C)c(Cl)c(C)c2)sc(C(=O)OC(C)C)c1C. The van der Waals surface area contributed by atoms with Gasteiger partial charge in [0.15, 0.2) is 6.61 Å². The van der Waals surface area contributed by atoms with Crippen LogP contribution in [0.4, 0.5) is 5.00 Å². The van der Waals surface area contributed by atoms with Gasteiger partial charge >= 0.3 is 11.9 Å². The number of hydrogen-bond acceptors (Lipinski definition) is 7. The Balaban J connectivity index is 2.22. The molecule has 0 aliphatic heterocycles. The van der Waals surface area contributed by atoms with Gasteiger partial charge in [0.1, 0.15) is 15.6 Å². The van der Waals surface area contributed by atoms with E-state index in [2.05, 4.69) is 5.32 Å². The molecule has 0 radical (unpaired) electrons. The van der Waals surface area contributed by atoms with E-state index in [4.69, 9.17) is 25.8 Å². The Kier molecular flexibility index (Phi) is 8.47. The maximum Gasteiger partial charge on any atom is 0.348 e. The molecular weight excluding hydrogens is 442 g/mol. The van der Waals surface area contributed by atoms with Crippen molar-refractivity contribution < 1.29 is 28.6 Å². The number of nitrogens with one attached hydrogen (secondary N) is 1. The quantitative estimate of drug-likeness (QED) is 0.544. The number of esters is 2. The summed E-state index contributed by atoms with van der Waals surface area (Å²) in [7, 11) is 0. The van der Waals surface area contributed by atoms with Crippen LogP contribution < -0.4 is 10.1 Å². The van der Waals surface area contributed by atoms with E-state index in [1.165, 1.54) is 0 Å². The van der Waals surface area contributed by atoms with Gasteiger partial charge in [0.25, 0.3) is 5.91 Å². The third-order valence-electron chi connectivity index (χ3n) is 4.19. The highest BCUT2D eigenvalue weighted by atomic mass is 35.5. The number of thiophene rings is 1. The number of halogens is 1. The lowest BCUT2D eigenvalue weighted by molar-refractivity contribution is -0.118. The first-order valence-electron chi connectivity index (χ1n) is 9.76. The van der Waals surface area contributed by atoms with Crippen LogP contribution in [0, 0.1) is 20.8 Å². The van der Waals surface area contributed by atoms with Crippen molar-refractivity contribution >= 4 is 45.8 Å². The number of hydrogen-bond donors (Lipinski definition) is 1. The van der Waals surface area contributed by atoms with Crippen molar-refractivity contribution in [2.45, 2.75) is 47.6 Å². The summed E-state index contributed by atoms with van der Waals surface area (Å²) in [5.74, 6) is -1.17. The molecule has 9 heteroatoms. The molecule has 0 unspecified atom stereocenters. The van der Waals surface area contributed by atoms with Gasteiger partial charge in [-0.3, -0.25) is 4.79 Å². The molecular formula is C22H26ClNO6S. The van der Waals surface area contributed by atoms with E-state index in [1.54, 1.807) is 39.8 Å². The van der Waals surface area contributed by atoms with Crippen LogP contribution in [0.5, 0.6) is 5.75 Å². The standard InChI is InChI=1S/C22H26ClNO6S/c1-7-28-21(26)17-14(6)19(22(27)30-11(2)3)31-20(17)24-16(25)10-29-15-8-12(4)18(23)13(5)9-15/h8-9,11H,7,10H2,1-6H3,(H,24,25). The fraction of sp³-hybridized carbons (Fsp3) is 0.409. The second-order valence-corrected chi connectivity index (χ2v) is 8.54. The van der Waals surface area contributed by atoms with Gasteiger partial charge in [-0.2, -0.15) is 0 Å². The number of aryl methyl sites for hydroxylation is 2. The van der Waals surface area contributed by atoms with E-state index >= 15 is 0 Å². The van der Waals surface area contributed by atoms with Crippen molar-refractivity contribution in [3.63, 3.8) is 0 Å². The molecule has 0 fully saturated rings. The molecule has 1 heterocycles. The zero-order valence-electron chi connectivity index (χ0n) is 18.4. The fourth-order valence-electron chi connectivity index (χ4n) is 2.81. The summed E-state index contributed by atoms with van der Waals surface area (Å²) in [6, 6.07) is 3.48. The minimum absolute atomic E-state index is 0.133. The molecule has 0 spiro atoms. The number of rotatable bonds is 8. The van der Waals surface area contributed by atoms with Gasteiger partial charge in [-0.25, -0.2) is 9.59 Å². The highest BCUT2D eigenvalue weighted by Crippen LogP contribution is 2.34. The van der Waals surface area contributed by atoms with Gasteiger partial charge in [0.05, 0.1) is 18.3 Å². The van der Waals surface area contributed by atoms with Gasteiger partial charge < -0.3 is 19.5 Å². The van der Waals surface area contributed by atoms with Crippen LogP contribution in [-0.4, -0.2) is 37.2 Å². The van der Waals surface area contributed by atoms with Crippen molar-refractivity contribution in [2.75, 3.05) is 18.5 Å². The Morgan fingerprint density at radius 3 is 2.26 bits per heavy atom. The van der Waals surface area contributed by atoms with Gasteiger partial charge in [-0.15, -0.1) is 11.3 Å². The Labute approximate surface area is 190 Å². The molecule has 0 aliphatic carbocycles. The molecule has 1 amide bonds. The van der Waals surface area contributed by atoms with Crippen LogP contribution in [-0.2, 0) is 14.3 Å².